The van der Waals surface area contributed by atoms with E-state index in [9.17, 15) is 9.59 Å². The van der Waals surface area contributed by atoms with Crippen LogP contribution in [0.4, 0.5) is 0 Å². The van der Waals surface area contributed by atoms with E-state index in [1.165, 1.54) is 0 Å². The van der Waals surface area contributed by atoms with Crippen molar-refractivity contribution in [2.24, 2.45) is 0 Å². The van der Waals surface area contributed by atoms with E-state index in [0.717, 1.165) is 16.9 Å². The van der Waals surface area contributed by atoms with Crippen LogP contribution in [0.2, 0.25) is 0 Å². The van der Waals surface area contributed by atoms with Crippen molar-refractivity contribution in [3.05, 3.63) is 35.2 Å². The Morgan fingerprint density at radius 3 is 2.26 bits per heavy atom. The van der Waals surface area contributed by atoms with Crippen molar-refractivity contribution in [1.82, 2.24) is 20.6 Å². The Morgan fingerprint density at radius 1 is 1.04 bits per heavy atom. The molecule has 1 heterocycles. The van der Waals surface area contributed by atoms with Gasteiger partial charge in [-0.25, -0.2) is 9.97 Å². The summed E-state index contributed by atoms with van der Waals surface area (Å²) in [6.45, 7) is 9.38. The maximum atomic E-state index is 12.2. The molecule has 0 bridgehead atoms. The van der Waals surface area contributed by atoms with Gasteiger partial charge in [-0.05, 0) is 52.8 Å². The van der Waals surface area contributed by atoms with Crippen LogP contribution in [0.15, 0.2) is 18.2 Å². The van der Waals surface area contributed by atoms with Gasteiger partial charge in [-0.15, -0.1) is 0 Å². The Hall–Kier alpha value is -2.50. The highest BCUT2D eigenvalue weighted by molar-refractivity contribution is 5.99. The third kappa shape index (κ3) is 4.48. The Labute approximate surface area is 135 Å². The van der Waals surface area contributed by atoms with Crippen LogP contribution < -0.4 is 10.6 Å². The lowest BCUT2D eigenvalue weighted by atomic mass is 10.1. The van der Waals surface area contributed by atoms with Crippen molar-refractivity contribution in [3.8, 4) is 0 Å². The topological polar surface area (TPSA) is 84.0 Å². The molecule has 0 radical (unpaired) electrons. The molecule has 6 nitrogen and oxygen atoms in total. The molecular formula is C17H22N4O2. The number of hydrogen-bond donors (Lipinski definition) is 2. The highest BCUT2D eigenvalue weighted by Gasteiger charge is 2.15. The molecule has 2 aromatic rings. The van der Waals surface area contributed by atoms with Gasteiger partial charge in [-0.2, -0.15) is 0 Å². The van der Waals surface area contributed by atoms with Gasteiger partial charge in [-0.3, -0.25) is 9.59 Å². The molecule has 0 saturated heterocycles. The summed E-state index contributed by atoms with van der Waals surface area (Å²) in [7, 11) is 0. The lowest BCUT2D eigenvalue weighted by Crippen LogP contribution is -2.45. The summed E-state index contributed by atoms with van der Waals surface area (Å²) in [5, 5.41) is 5.41. The predicted molar refractivity (Wildman–Crippen MR) is 89.2 cm³/mol. The number of aromatic nitrogens is 2. The van der Waals surface area contributed by atoms with Gasteiger partial charge in [0.25, 0.3) is 5.91 Å². The van der Waals surface area contributed by atoms with Gasteiger partial charge >= 0.3 is 0 Å². The van der Waals surface area contributed by atoms with Gasteiger partial charge in [0.1, 0.15) is 0 Å². The lowest BCUT2D eigenvalue weighted by molar-refractivity contribution is -0.121. The monoisotopic (exact) mass is 314 g/mol. The van der Waals surface area contributed by atoms with Crippen molar-refractivity contribution in [1.29, 1.82) is 0 Å². The van der Waals surface area contributed by atoms with Crippen LogP contribution in [-0.4, -0.2) is 33.9 Å². The zero-order valence-corrected chi connectivity index (χ0v) is 14.2. The van der Waals surface area contributed by atoms with Gasteiger partial charge < -0.3 is 10.6 Å². The summed E-state index contributed by atoms with van der Waals surface area (Å²) in [4.78, 5) is 32.8. The molecule has 1 aromatic heterocycles. The number of benzene rings is 1. The number of carbonyl (C=O) groups is 2. The van der Waals surface area contributed by atoms with Crippen molar-refractivity contribution < 1.29 is 9.59 Å². The number of hydrogen-bond acceptors (Lipinski definition) is 4. The van der Waals surface area contributed by atoms with Crippen LogP contribution in [0, 0.1) is 13.8 Å². The van der Waals surface area contributed by atoms with Crippen LogP contribution in [-0.2, 0) is 4.79 Å². The Balaban J connectivity index is 2.09. The number of amides is 2. The van der Waals surface area contributed by atoms with Crippen LogP contribution in [0.3, 0.4) is 0 Å². The molecule has 23 heavy (non-hydrogen) atoms. The fraction of sp³-hybridized carbons (Fsp3) is 0.412. The normalized spacial score (nSPS) is 11.3. The number of carbonyl (C=O) groups excluding carboxylic acids is 2. The summed E-state index contributed by atoms with van der Waals surface area (Å²) >= 11 is 0. The van der Waals surface area contributed by atoms with E-state index in [-0.39, 0.29) is 23.9 Å². The SMILES string of the molecule is Cc1nc2ccc(C(=O)NCC(=O)NC(C)(C)C)cc2nc1C. The largest absolute Gasteiger partial charge is 0.350 e. The predicted octanol–water partition coefficient (Wildman–Crippen LogP) is 1.89. The van der Waals surface area contributed by atoms with E-state index in [2.05, 4.69) is 20.6 Å². The number of rotatable bonds is 3. The van der Waals surface area contributed by atoms with Crippen molar-refractivity contribution >= 4 is 22.8 Å². The van der Waals surface area contributed by atoms with E-state index in [4.69, 9.17) is 0 Å². The third-order valence-corrected chi connectivity index (χ3v) is 3.26. The second-order valence-corrected chi connectivity index (χ2v) is 6.58. The van der Waals surface area contributed by atoms with Gasteiger partial charge in [0, 0.05) is 11.1 Å². The molecule has 1 aromatic carbocycles. The fourth-order valence-electron chi connectivity index (χ4n) is 2.10. The minimum Gasteiger partial charge on any atom is -0.350 e. The molecule has 2 rings (SSSR count). The summed E-state index contributed by atoms with van der Waals surface area (Å²) in [5.41, 5.74) is 3.25. The molecule has 0 spiro atoms. The molecule has 0 aliphatic heterocycles. The second-order valence-electron chi connectivity index (χ2n) is 6.58. The van der Waals surface area contributed by atoms with E-state index in [1.807, 2.05) is 34.6 Å². The fourth-order valence-corrected chi connectivity index (χ4v) is 2.10. The first-order valence-corrected chi connectivity index (χ1v) is 7.50. The Kier molecular flexibility index (Phi) is 4.63. The van der Waals surface area contributed by atoms with Crippen LogP contribution in [0.25, 0.3) is 11.0 Å². The van der Waals surface area contributed by atoms with E-state index < -0.39 is 0 Å². The average Bonchev–Trinajstić information content (AvgIpc) is 2.43. The maximum Gasteiger partial charge on any atom is 0.251 e. The molecule has 0 unspecified atom stereocenters. The van der Waals surface area contributed by atoms with Crippen molar-refractivity contribution in [2.45, 2.75) is 40.2 Å². The van der Waals surface area contributed by atoms with Gasteiger partial charge in [0.05, 0.1) is 29.0 Å². The van der Waals surface area contributed by atoms with Crippen molar-refractivity contribution in [3.63, 3.8) is 0 Å². The highest BCUT2D eigenvalue weighted by Crippen LogP contribution is 2.14. The first-order valence-electron chi connectivity index (χ1n) is 7.50. The summed E-state index contributed by atoms with van der Waals surface area (Å²) in [5.74, 6) is -0.533. The Bertz CT molecular complexity index is 763. The number of nitrogens with zero attached hydrogens (tertiary/aromatic N) is 2. The Morgan fingerprint density at radius 2 is 1.65 bits per heavy atom. The molecule has 2 amide bonds. The average molecular weight is 314 g/mol. The molecule has 6 heteroatoms. The van der Waals surface area contributed by atoms with E-state index >= 15 is 0 Å². The first kappa shape index (κ1) is 16.9. The number of fused-ring (bicyclic) bond motifs is 1. The minimum atomic E-state index is -0.324. The zero-order chi connectivity index (χ0) is 17.2. The zero-order valence-electron chi connectivity index (χ0n) is 14.2. The molecule has 2 N–H and O–H groups in total. The van der Waals surface area contributed by atoms with Crippen LogP contribution >= 0.6 is 0 Å². The number of aryl methyl sites for hydroxylation is 2. The second kappa shape index (κ2) is 6.32. The standard InChI is InChI=1S/C17H22N4O2/c1-10-11(2)20-14-8-12(6-7-13(14)19-10)16(23)18-9-15(22)21-17(3,4)5/h6-8H,9H2,1-5H3,(H,18,23)(H,21,22). The summed E-state index contributed by atoms with van der Waals surface area (Å²) in [6, 6.07) is 5.13. The molecule has 122 valence electrons. The molecule has 0 saturated carbocycles. The quantitative estimate of drug-likeness (QED) is 0.906. The summed E-state index contributed by atoms with van der Waals surface area (Å²) in [6.07, 6.45) is 0. The third-order valence-electron chi connectivity index (χ3n) is 3.26. The van der Waals surface area contributed by atoms with E-state index in [0.29, 0.717) is 11.1 Å². The smallest absolute Gasteiger partial charge is 0.251 e. The number of nitrogens with one attached hydrogen (secondary N) is 2. The van der Waals surface area contributed by atoms with Crippen molar-refractivity contribution in [2.75, 3.05) is 6.54 Å². The minimum absolute atomic E-state index is 0.0628. The molecular weight excluding hydrogens is 292 g/mol. The maximum absolute atomic E-state index is 12.2. The highest BCUT2D eigenvalue weighted by atomic mass is 16.2. The first-order chi connectivity index (χ1) is 10.7. The van der Waals surface area contributed by atoms with Crippen LogP contribution in [0.1, 0.15) is 42.5 Å². The molecule has 0 atom stereocenters. The lowest BCUT2D eigenvalue weighted by Gasteiger charge is -2.20. The molecule has 0 aliphatic carbocycles. The summed E-state index contributed by atoms with van der Waals surface area (Å²) < 4.78 is 0. The molecule has 0 fully saturated rings. The van der Waals surface area contributed by atoms with E-state index in [1.54, 1.807) is 18.2 Å². The van der Waals surface area contributed by atoms with Gasteiger partial charge in [0.15, 0.2) is 0 Å². The van der Waals surface area contributed by atoms with Gasteiger partial charge in [0.2, 0.25) is 5.91 Å². The molecule has 0 aliphatic rings. The van der Waals surface area contributed by atoms with Crippen LogP contribution in [0.5, 0.6) is 0 Å². The van der Waals surface area contributed by atoms with Gasteiger partial charge in [-0.1, -0.05) is 0 Å².